The molecule has 0 saturated carbocycles. The lowest BCUT2D eigenvalue weighted by atomic mass is 10.1. The first-order valence-corrected chi connectivity index (χ1v) is 8.01. The summed E-state index contributed by atoms with van der Waals surface area (Å²) in [5.41, 5.74) is 2.17. The Kier molecular flexibility index (Phi) is 6.61. The van der Waals surface area contributed by atoms with Crippen LogP contribution < -0.4 is 5.32 Å². The van der Waals surface area contributed by atoms with Crippen LogP contribution in [0, 0.1) is 12.7 Å². The fourth-order valence-corrected chi connectivity index (χ4v) is 3.04. The Labute approximate surface area is 127 Å². The smallest absolute Gasteiger partial charge is 0.123 e. The van der Waals surface area contributed by atoms with Gasteiger partial charge in [0.15, 0.2) is 0 Å². The molecule has 1 aliphatic rings. The predicted octanol–water partition coefficient (Wildman–Crippen LogP) is 2.46. The molecule has 1 unspecified atom stereocenters. The standard InChI is InChI=1S/C17H27FN2O/c1-14-11-16(18)7-6-15(14)12-19-8-2-3-9-20-10-4-5-17(20)13-21/h6-7,11,17,19,21H,2-5,8-10,12-13H2,1H3. The van der Waals surface area contributed by atoms with E-state index in [4.69, 9.17) is 0 Å². The number of rotatable bonds is 8. The first-order chi connectivity index (χ1) is 10.2. The van der Waals surface area contributed by atoms with Crippen LogP contribution in [-0.4, -0.2) is 42.3 Å². The Balaban J connectivity index is 1.58. The number of benzene rings is 1. The Bertz CT molecular complexity index is 439. The van der Waals surface area contributed by atoms with E-state index >= 15 is 0 Å². The monoisotopic (exact) mass is 294 g/mol. The molecule has 1 aromatic rings. The van der Waals surface area contributed by atoms with Crippen LogP contribution in [0.4, 0.5) is 4.39 Å². The lowest BCUT2D eigenvalue weighted by molar-refractivity contribution is 0.157. The summed E-state index contributed by atoms with van der Waals surface area (Å²) in [5.74, 6) is -0.166. The molecule has 0 bridgehead atoms. The number of nitrogens with zero attached hydrogens (tertiary/aromatic N) is 1. The molecule has 1 aliphatic heterocycles. The number of aryl methyl sites for hydroxylation is 1. The molecule has 3 nitrogen and oxygen atoms in total. The van der Waals surface area contributed by atoms with Gasteiger partial charge in [0.2, 0.25) is 0 Å². The number of hydrogen-bond donors (Lipinski definition) is 2. The summed E-state index contributed by atoms with van der Waals surface area (Å²) in [6.07, 6.45) is 4.65. The second-order valence-corrected chi connectivity index (χ2v) is 5.97. The molecule has 0 aromatic heterocycles. The lowest BCUT2D eigenvalue weighted by Gasteiger charge is -2.22. The zero-order valence-electron chi connectivity index (χ0n) is 12.9. The van der Waals surface area contributed by atoms with Crippen molar-refractivity contribution in [3.8, 4) is 0 Å². The molecule has 118 valence electrons. The third-order valence-electron chi connectivity index (χ3n) is 4.38. The third kappa shape index (κ3) is 5.06. The maximum Gasteiger partial charge on any atom is 0.123 e. The summed E-state index contributed by atoms with van der Waals surface area (Å²) in [5, 5.41) is 12.7. The number of aliphatic hydroxyl groups is 1. The number of hydrogen-bond acceptors (Lipinski definition) is 3. The van der Waals surface area contributed by atoms with E-state index in [1.807, 2.05) is 13.0 Å². The van der Waals surface area contributed by atoms with Gasteiger partial charge in [-0.1, -0.05) is 6.07 Å². The minimum Gasteiger partial charge on any atom is -0.395 e. The van der Waals surface area contributed by atoms with Crippen molar-refractivity contribution < 1.29 is 9.50 Å². The van der Waals surface area contributed by atoms with Crippen LogP contribution in [0.3, 0.4) is 0 Å². The Morgan fingerprint density at radius 1 is 1.38 bits per heavy atom. The highest BCUT2D eigenvalue weighted by Crippen LogP contribution is 2.16. The van der Waals surface area contributed by atoms with Crippen molar-refractivity contribution in [2.45, 2.75) is 45.2 Å². The fourth-order valence-electron chi connectivity index (χ4n) is 3.04. The lowest BCUT2D eigenvalue weighted by Crippen LogP contribution is -2.33. The van der Waals surface area contributed by atoms with E-state index in [1.54, 1.807) is 6.07 Å². The summed E-state index contributed by atoms with van der Waals surface area (Å²) in [7, 11) is 0. The second-order valence-electron chi connectivity index (χ2n) is 5.97. The minimum atomic E-state index is -0.166. The molecular formula is C17H27FN2O. The largest absolute Gasteiger partial charge is 0.395 e. The van der Waals surface area contributed by atoms with Gasteiger partial charge >= 0.3 is 0 Å². The fraction of sp³-hybridized carbons (Fsp3) is 0.647. The van der Waals surface area contributed by atoms with Gasteiger partial charge in [0.05, 0.1) is 6.61 Å². The van der Waals surface area contributed by atoms with Gasteiger partial charge < -0.3 is 10.4 Å². The molecule has 4 heteroatoms. The number of unbranched alkanes of at least 4 members (excludes halogenated alkanes) is 1. The highest BCUT2D eigenvalue weighted by molar-refractivity contribution is 5.26. The second kappa shape index (κ2) is 8.47. The van der Waals surface area contributed by atoms with Gasteiger partial charge in [-0.05, 0) is 75.5 Å². The number of halogens is 1. The molecule has 1 saturated heterocycles. The molecular weight excluding hydrogens is 267 g/mol. The van der Waals surface area contributed by atoms with Crippen molar-refractivity contribution in [1.29, 1.82) is 0 Å². The summed E-state index contributed by atoms with van der Waals surface area (Å²) in [6, 6.07) is 5.35. The van der Waals surface area contributed by atoms with Gasteiger partial charge in [0.1, 0.15) is 5.82 Å². The first-order valence-electron chi connectivity index (χ1n) is 8.01. The minimum absolute atomic E-state index is 0.166. The van der Waals surface area contributed by atoms with E-state index in [0.717, 1.165) is 56.6 Å². The average molecular weight is 294 g/mol. The molecule has 0 amide bonds. The molecule has 1 heterocycles. The van der Waals surface area contributed by atoms with Crippen molar-refractivity contribution in [2.24, 2.45) is 0 Å². The van der Waals surface area contributed by atoms with Gasteiger partial charge in [-0.3, -0.25) is 4.90 Å². The van der Waals surface area contributed by atoms with Gasteiger partial charge in [0.25, 0.3) is 0 Å². The zero-order valence-corrected chi connectivity index (χ0v) is 12.9. The van der Waals surface area contributed by atoms with E-state index in [-0.39, 0.29) is 5.82 Å². The van der Waals surface area contributed by atoms with Crippen LogP contribution >= 0.6 is 0 Å². The van der Waals surface area contributed by atoms with Gasteiger partial charge in [-0.25, -0.2) is 4.39 Å². The number of likely N-dealkylation sites (tertiary alicyclic amines) is 1. The molecule has 0 radical (unpaired) electrons. The van der Waals surface area contributed by atoms with Crippen LogP contribution in [0.5, 0.6) is 0 Å². The van der Waals surface area contributed by atoms with Gasteiger partial charge in [-0.15, -0.1) is 0 Å². The van der Waals surface area contributed by atoms with E-state index in [2.05, 4.69) is 10.2 Å². The molecule has 1 aromatic carbocycles. The molecule has 0 aliphatic carbocycles. The van der Waals surface area contributed by atoms with Crippen molar-refractivity contribution in [2.75, 3.05) is 26.2 Å². The van der Waals surface area contributed by atoms with E-state index in [9.17, 15) is 9.50 Å². The number of nitrogens with one attached hydrogen (secondary N) is 1. The summed E-state index contributed by atoms with van der Waals surface area (Å²) < 4.78 is 13.0. The normalized spacial score (nSPS) is 19.3. The zero-order chi connectivity index (χ0) is 15.1. The molecule has 2 N–H and O–H groups in total. The molecule has 2 rings (SSSR count). The van der Waals surface area contributed by atoms with Gasteiger partial charge in [0, 0.05) is 12.6 Å². The van der Waals surface area contributed by atoms with Crippen LogP contribution in [0.15, 0.2) is 18.2 Å². The summed E-state index contributed by atoms with van der Waals surface area (Å²) in [4.78, 5) is 2.41. The SMILES string of the molecule is Cc1cc(F)ccc1CNCCCCN1CCCC1CO. The Hall–Kier alpha value is -0.970. The van der Waals surface area contributed by atoms with Crippen LogP contribution in [0.2, 0.25) is 0 Å². The molecule has 1 fully saturated rings. The highest BCUT2D eigenvalue weighted by Gasteiger charge is 2.22. The molecule has 1 atom stereocenters. The van der Waals surface area contributed by atoms with Crippen LogP contribution in [0.25, 0.3) is 0 Å². The van der Waals surface area contributed by atoms with Crippen molar-refractivity contribution >= 4 is 0 Å². The van der Waals surface area contributed by atoms with Crippen molar-refractivity contribution in [3.63, 3.8) is 0 Å². The quantitative estimate of drug-likeness (QED) is 0.723. The molecule has 21 heavy (non-hydrogen) atoms. The van der Waals surface area contributed by atoms with Gasteiger partial charge in [-0.2, -0.15) is 0 Å². The maximum atomic E-state index is 13.0. The Morgan fingerprint density at radius 3 is 3.00 bits per heavy atom. The van der Waals surface area contributed by atoms with Crippen molar-refractivity contribution in [3.05, 3.63) is 35.1 Å². The van der Waals surface area contributed by atoms with Crippen LogP contribution in [-0.2, 0) is 6.54 Å². The van der Waals surface area contributed by atoms with Crippen molar-refractivity contribution in [1.82, 2.24) is 10.2 Å². The van der Waals surface area contributed by atoms with Crippen LogP contribution in [0.1, 0.15) is 36.8 Å². The summed E-state index contributed by atoms with van der Waals surface area (Å²) in [6.45, 7) is 6.24. The average Bonchev–Trinajstić information content (AvgIpc) is 2.92. The molecule has 0 spiro atoms. The number of aliphatic hydroxyl groups excluding tert-OH is 1. The first kappa shape index (κ1) is 16.4. The predicted molar refractivity (Wildman–Crippen MR) is 83.8 cm³/mol. The third-order valence-corrected chi connectivity index (χ3v) is 4.38. The topological polar surface area (TPSA) is 35.5 Å². The maximum absolute atomic E-state index is 13.0. The highest BCUT2D eigenvalue weighted by atomic mass is 19.1. The van der Waals surface area contributed by atoms with E-state index in [0.29, 0.717) is 12.6 Å². The Morgan fingerprint density at radius 2 is 2.24 bits per heavy atom. The summed E-state index contributed by atoms with van der Waals surface area (Å²) >= 11 is 0. The van der Waals surface area contributed by atoms with E-state index < -0.39 is 0 Å². The van der Waals surface area contributed by atoms with E-state index in [1.165, 1.54) is 12.5 Å².